The maximum atomic E-state index is 13.0. The molecule has 1 N–H and O–H groups in total. The molecule has 0 saturated heterocycles. The summed E-state index contributed by atoms with van der Waals surface area (Å²) >= 11 is 0. The van der Waals surface area contributed by atoms with Gasteiger partial charge in [0.2, 0.25) is 0 Å². The fourth-order valence-electron chi connectivity index (χ4n) is 1.50. The van der Waals surface area contributed by atoms with Gasteiger partial charge in [0.15, 0.2) is 8.32 Å². The van der Waals surface area contributed by atoms with Crippen LogP contribution in [0, 0.1) is 5.82 Å². The maximum absolute atomic E-state index is 13.0. The van der Waals surface area contributed by atoms with E-state index in [9.17, 15) is 9.18 Å². The largest absolute Gasteiger partial charge is 0.478 e. The molecule has 0 aliphatic heterocycles. The Balaban J connectivity index is 2.97. The van der Waals surface area contributed by atoms with E-state index in [1.54, 1.807) is 12.1 Å². The second kappa shape index (κ2) is 6.53. The average Bonchev–Trinajstić information content (AvgIpc) is 2.34. The number of benzene rings is 1. The molecule has 0 unspecified atom stereocenters. The van der Waals surface area contributed by atoms with Gasteiger partial charge in [-0.2, -0.15) is 0 Å². The third-order valence-electron chi connectivity index (χ3n) is 3.91. The summed E-state index contributed by atoms with van der Waals surface area (Å²) in [4.78, 5) is 11.0. The van der Waals surface area contributed by atoms with Crippen molar-refractivity contribution >= 4 is 19.9 Å². The van der Waals surface area contributed by atoms with Gasteiger partial charge in [-0.15, -0.1) is 0 Å². The van der Waals surface area contributed by atoms with Crippen molar-refractivity contribution in [2.24, 2.45) is 0 Å². The van der Waals surface area contributed by atoms with Gasteiger partial charge in [0.1, 0.15) is 5.82 Å². The summed E-state index contributed by atoms with van der Waals surface area (Å²) in [5, 5.41) is 9.04. The number of hydrogen-bond donors (Lipinski definition) is 1. The van der Waals surface area contributed by atoms with Crippen molar-refractivity contribution < 1.29 is 18.7 Å². The number of aliphatic carboxylic acids is 1. The predicted octanol–water partition coefficient (Wildman–Crippen LogP) is 4.32. The molecule has 3 nitrogen and oxygen atoms in total. The summed E-state index contributed by atoms with van der Waals surface area (Å²) in [5.74, 6) is -1.38. The zero-order valence-corrected chi connectivity index (χ0v) is 14.2. The van der Waals surface area contributed by atoms with Crippen LogP contribution in [0.2, 0.25) is 18.1 Å². The topological polar surface area (TPSA) is 46.5 Å². The van der Waals surface area contributed by atoms with E-state index in [1.807, 2.05) is 0 Å². The minimum atomic E-state index is -1.97. The van der Waals surface area contributed by atoms with Crippen molar-refractivity contribution in [3.8, 4) is 0 Å². The highest BCUT2D eigenvalue weighted by molar-refractivity contribution is 6.74. The first kappa shape index (κ1) is 17.6. The van der Waals surface area contributed by atoms with Gasteiger partial charge in [-0.05, 0) is 41.4 Å². The van der Waals surface area contributed by atoms with E-state index in [0.717, 1.165) is 6.08 Å². The molecule has 1 rings (SSSR count). The first-order chi connectivity index (χ1) is 9.53. The van der Waals surface area contributed by atoms with Crippen LogP contribution in [-0.2, 0) is 9.22 Å². The number of halogens is 1. The van der Waals surface area contributed by atoms with Crippen molar-refractivity contribution in [3.63, 3.8) is 0 Å². The molecule has 0 aliphatic carbocycles. The minimum Gasteiger partial charge on any atom is -0.478 e. The zero-order chi connectivity index (χ0) is 16.3. The Labute approximate surface area is 126 Å². The van der Waals surface area contributed by atoms with E-state index < -0.39 is 14.3 Å². The van der Waals surface area contributed by atoms with Crippen LogP contribution in [0.15, 0.2) is 30.3 Å². The van der Waals surface area contributed by atoms with E-state index in [0.29, 0.717) is 11.1 Å². The molecular weight excluding hydrogens is 287 g/mol. The highest BCUT2D eigenvalue weighted by Gasteiger charge is 2.37. The Hall–Kier alpha value is -1.46. The molecule has 5 heteroatoms. The first-order valence-corrected chi connectivity index (χ1v) is 9.77. The van der Waals surface area contributed by atoms with Gasteiger partial charge in [0.05, 0.1) is 6.61 Å². The molecule has 0 radical (unpaired) electrons. The lowest BCUT2D eigenvalue weighted by atomic mass is 10.1. The van der Waals surface area contributed by atoms with Crippen LogP contribution in [-0.4, -0.2) is 26.0 Å². The smallest absolute Gasteiger partial charge is 0.328 e. The molecule has 0 aliphatic rings. The number of hydrogen-bond acceptors (Lipinski definition) is 2. The number of rotatable bonds is 5. The van der Waals surface area contributed by atoms with Crippen LogP contribution in [0.1, 0.15) is 26.3 Å². The molecule has 1 aromatic carbocycles. The van der Waals surface area contributed by atoms with Gasteiger partial charge in [-0.25, -0.2) is 9.18 Å². The van der Waals surface area contributed by atoms with Crippen LogP contribution in [0.3, 0.4) is 0 Å². The minimum absolute atomic E-state index is 0.0458. The summed E-state index contributed by atoms with van der Waals surface area (Å²) in [5.41, 5.74) is 1.21. The number of carboxylic acid groups (broad SMARTS) is 1. The van der Waals surface area contributed by atoms with Crippen LogP contribution in [0.25, 0.3) is 5.57 Å². The monoisotopic (exact) mass is 310 g/mol. The average molecular weight is 310 g/mol. The fraction of sp³-hybridized carbons (Fsp3) is 0.438. The lowest BCUT2D eigenvalue weighted by Crippen LogP contribution is -2.41. The van der Waals surface area contributed by atoms with Gasteiger partial charge < -0.3 is 9.53 Å². The van der Waals surface area contributed by atoms with Crippen LogP contribution < -0.4 is 0 Å². The van der Waals surface area contributed by atoms with Crippen LogP contribution in [0.5, 0.6) is 0 Å². The third-order valence-corrected chi connectivity index (χ3v) is 8.39. The molecule has 0 bridgehead atoms. The Morgan fingerprint density at radius 3 is 2.24 bits per heavy atom. The van der Waals surface area contributed by atoms with Gasteiger partial charge in [0, 0.05) is 6.08 Å². The Kier molecular flexibility index (Phi) is 5.47. The van der Waals surface area contributed by atoms with Crippen molar-refractivity contribution in [1.82, 2.24) is 0 Å². The molecule has 0 spiro atoms. The molecule has 0 saturated carbocycles. The Morgan fingerprint density at radius 2 is 1.81 bits per heavy atom. The van der Waals surface area contributed by atoms with Gasteiger partial charge >= 0.3 is 5.97 Å². The van der Waals surface area contributed by atoms with E-state index in [-0.39, 0.29) is 17.5 Å². The van der Waals surface area contributed by atoms with E-state index in [4.69, 9.17) is 9.53 Å². The zero-order valence-electron chi connectivity index (χ0n) is 13.2. The van der Waals surface area contributed by atoms with Crippen LogP contribution >= 0.6 is 0 Å². The second-order valence-electron chi connectivity index (χ2n) is 6.56. The normalized spacial score (nSPS) is 13.3. The molecule has 0 fully saturated rings. The van der Waals surface area contributed by atoms with Crippen molar-refractivity contribution in [2.75, 3.05) is 6.61 Å². The van der Waals surface area contributed by atoms with Crippen molar-refractivity contribution in [1.29, 1.82) is 0 Å². The molecular formula is C16H23FO3Si. The third kappa shape index (κ3) is 5.10. The molecule has 116 valence electrons. The fourth-order valence-corrected chi connectivity index (χ4v) is 2.45. The summed E-state index contributed by atoms with van der Waals surface area (Å²) in [6.45, 7) is 10.8. The number of carbonyl (C=O) groups is 1. The van der Waals surface area contributed by atoms with Gasteiger partial charge in [-0.1, -0.05) is 32.9 Å². The SMILES string of the molecule is CC(C)(C)[Si](C)(C)OC/C(=C/C(=O)O)c1ccc(F)cc1. The standard InChI is InChI=1S/C16H23FO3Si/c1-16(2,3)21(4,5)20-11-13(10-15(18)19)12-6-8-14(17)9-7-12/h6-10H,11H2,1-5H3,(H,18,19)/b13-10-. The Morgan fingerprint density at radius 1 is 1.29 bits per heavy atom. The van der Waals surface area contributed by atoms with Crippen molar-refractivity contribution in [3.05, 3.63) is 41.7 Å². The lowest BCUT2D eigenvalue weighted by Gasteiger charge is -2.36. The van der Waals surface area contributed by atoms with E-state index in [1.165, 1.54) is 12.1 Å². The predicted molar refractivity (Wildman–Crippen MR) is 85.2 cm³/mol. The van der Waals surface area contributed by atoms with E-state index >= 15 is 0 Å². The molecule has 1 aromatic rings. The number of carboxylic acids is 1. The second-order valence-corrected chi connectivity index (χ2v) is 11.4. The summed E-state index contributed by atoms with van der Waals surface area (Å²) < 4.78 is 19.0. The molecule has 0 heterocycles. The first-order valence-electron chi connectivity index (χ1n) is 6.86. The van der Waals surface area contributed by atoms with Crippen LogP contribution in [0.4, 0.5) is 4.39 Å². The Bertz CT molecular complexity index is 527. The molecule has 0 aromatic heterocycles. The highest BCUT2D eigenvalue weighted by Crippen LogP contribution is 2.37. The van der Waals surface area contributed by atoms with Gasteiger partial charge in [-0.3, -0.25) is 0 Å². The quantitative estimate of drug-likeness (QED) is 0.651. The molecule has 0 amide bonds. The van der Waals surface area contributed by atoms with Crippen molar-refractivity contribution in [2.45, 2.75) is 38.9 Å². The van der Waals surface area contributed by atoms with E-state index in [2.05, 4.69) is 33.9 Å². The summed E-state index contributed by atoms with van der Waals surface area (Å²) in [7, 11) is -1.97. The summed E-state index contributed by atoms with van der Waals surface area (Å²) in [6, 6.07) is 5.77. The lowest BCUT2D eigenvalue weighted by molar-refractivity contribution is -0.131. The summed E-state index contributed by atoms with van der Waals surface area (Å²) in [6.07, 6.45) is 1.13. The molecule has 0 atom stereocenters. The molecule has 21 heavy (non-hydrogen) atoms. The van der Waals surface area contributed by atoms with Gasteiger partial charge in [0.25, 0.3) is 0 Å². The highest BCUT2D eigenvalue weighted by atomic mass is 28.4. The maximum Gasteiger partial charge on any atom is 0.328 e.